The number of aromatic nitrogens is 2. The Balaban J connectivity index is 2.03. The van der Waals surface area contributed by atoms with Gasteiger partial charge >= 0.3 is 12.1 Å². The first-order valence-electron chi connectivity index (χ1n) is 11.3. The molecule has 0 fully saturated rings. The number of carboxylic acid groups (broad SMARTS) is 1. The molecular weight excluding hydrogens is 556 g/mol. The molecule has 208 valence electrons. The number of alkyl halides is 3. The van der Waals surface area contributed by atoms with Crippen LogP contribution in [0.25, 0.3) is 22.4 Å². The highest BCUT2D eigenvalue weighted by Crippen LogP contribution is 2.44. The molecule has 1 aromatic heterocycles. The zero-order chi connectivity index (χ0) is 29.4. The van der Waals surface area contributed by atoms with Crippen molar-refractivity contribution in [1.82, 2.24) is 9.97 Å². The van der Waals surface area contributed by atoms with E-state index in [1.54, 1.807) is 0 Å². The molecule has 1 N–H and O–H groups in total. The van der Waals surface area contributed by atoms with Crippen LogP contribution in [0, 0.1) is 12.7 Å². The van der Waals surface area contributed by atoms with Gasteiger partial charge in [-0.05, 0) is 48.9 Å². The molecule has 3 aromatic carbocycles. The third-order valence-electron chi connectivity index (χ3n) is 5.83. The lowest BCUT2D eigenvalue weighted by atomic mass is 9.99. The zero-order valence-corrected chi connectivity index (χ0v) is 21.9. The van der Waals surface area contributed by atoms with E-state index < -0.39 is 39.5 Å². The molecule has 0 saturated heterocycles. The van der Waals surface area contributed by atoms with Crippen molar-refractivity contribution in [1.29, 1.82) is 0 Å². The van der Waals surface area contributed by atoms with Gasteiger partial charge in [0.1, 0.15) is 5.82 Å². The van der Waals surface area contributed by atoms with Gasteiger partial charge in [0.2, 0.25) is 11.7 Å². The lowest BCUT2D eigenvalue weighted by Crippen LogP contribution is -2.14. The van der Waals surface area contributed by atoms with Crippen molar-refractivity contribution in [2.45, 2.75) is 18.0 Å². The fourth-order valence-electron chi connectivity index (χ4n) is 3.92. The molecule has 0 radical (unpaired) electrons. The molecule has 0 aliphatic heterocycles. The SMILES string of the molecule is COc1c(Oc2nc(C(F)(F)F)nc(-c3ccc(S(C)(=O)=O)cc3)c2-c2ccc(F)cc2)ccc(C(=O)O)c1C. The number of rotatable bonds is 7. The summed E-state index contributed by atoms with van der Waals surface area (Å²) < 4.78 is 90.6. The van der Waals surface area contributed by atoms with Gasteiger partial charge in [0.15, 0.2) is 21.3 Å². The van der Waals surface area contributed by atoms with E-state index in [1.807, 2.05) is 0 Å². The van der Waals surface area contributed by atoms with E-state index in [2.05, 4.69) is 9.97 Å². The lowest BCUT2D eigenvalue weighted by molar-refractivity contribution is -0.145. The van der Waals surface area contributed by atoms with Crippen LogP contribution in [0.5, 0.6) is 17.4 Å². The molecular formula is C27H20F4N2O6S. The Hall–Kier alpha value is -4.52. The smallest absolute Gasteiger partial charge is 0.451 e. The molecule has 0 amide bonds. The maximum atomic E-state index is 14.0. The van der Waals surface area contributed by atoms with E-state index in [0.717, 1.165) is 18.4 Å². The van der Waals surface area contributed by atoms with Gasteiger partial charge in [-0.3, -0.25) is 0 Å². The van der Waals surface area contributed by atoms with Gasteiger partial charge in [-0.15, -0.1) is 0 Å². The first-order valence-corrected chi connectivity index (χ1v) is 13.2. The van der Waals surface area contributed by atoms with E-state index >= 15 is 0 Å². The van der Waals surface area contributed by atoms with Gasteiger partial charge < -0.3 is 14.6 Å². The Bertz CT molecular complexity index is 1710. The average molecular weight is 577 g/mol. The minimum atomic E-state index is -5.02. The van der Waals surface area contributed by atoms with Crippen LogP contribution in [0.15, 0.2) is 65.6 Å². The van der Waals surface area contributed by atoms with E-state index in [1.165, 1.54) is 62.6 Å². The van der Waals surface area contributed by atoms with Gasteiger partial charge in [-0.2, -0.15) is 18.2 Å². The molecule has 0 saturated carbocycles. The van der Waals surface area contributed by atoms with Crippen LogP contribution in [-0.4, -0.2) is 42.8 Å². The number of hydrogen-bond acceptors (Lipinski definition) is 7. The molecule has 0 atom stereocenters. The van der Waals surface area contributed by atoms with E-state index in [4.69, 9.17) is 9.47 Å². The average Bonchev–Trinajstić information content (AvgIpc) is 2.88. The maximum absolute atomic E-state index is 14.0. The molecule has 13 heteroatoms. The van der Waals surface area contributed by atoms with Crippen molar-refractivity contribution in [2.75, 3.05) is 13.4 Å². The summed E-state index contributed by atoms with van der Waals surface area (Å²) in [5, 5.41) is 9.43. The Morgan fingerprint density at radius 2 is 1.52 bits per heavy atom. The van der Waals surface area contributed by atoms with E-state index in [-0.39, 0.29) is 49.9 Å². The second-order valence-electron chi connectivity index (χ2n) is 8.55. The minimum absolute atomic E-state index is 0.0591. The molecule has 0 bridgehead atoms. The van der Waals surface area contributed by atoms with Crippen molar-refractivity contribution in [2.24, 2.45) is 0 Å². The third kappa shape index (κ3) is 5.73. The topological polar surface area (TPSA) is 116 Å². The molecule has 0 aliphatic rings. The number of sulfone groups is 1. The molecule has 0 unspecified atom stereocenters. The van der Waals surface area contributed by atoms with Crippen molar-refractivity contribution in [3.05, 3.63) is 83.4 Å². The second kappa shape index (κ2) is 10.6. The Labute approximate surface area is 225 Å². The van der Waals surface area contributed by atoms with Gasteiger partial charge in [0.25, 0.3) is 0 Å². The number of halogens is 4. The number of ether oxygens (including phenoxy) is 2. The highest BCUT2D eigenvalue weighted by Gasteiger charge is 2.37. The van der Waals surface area contributed by atoms with Crippen LogP contribution in [0.4, 0.5) is 17.6 Å². The Morgan fingerprint density at radius 3 is 2.05 bits per heavy atom. The van der Waals surface area contributed by atoms with Gasteiger partial charge in [-0.25, -0.2) is 22.6 Å². The summed E-state index contributed by atoms with van der Waals surface area (Å²) in [7, 11) is -2.37. The summed E-state index contributed by atoms with van der Waals surface area (Å²) in [5.74, 6) is -4.21. The third-order valence-corrected chi connectivity index (χ3v) is 6.96. The number of carboxylic acids is 1. The molecule has 4 aromatic rings. The lowest BCUT2D eigenvalue weighted by Gasteiger charge is -2.19. The van der Waals surface area contributed by atoms with Crippen molar-refractivity contribution < 1.29 is 45.4 Å². The molecule has 40 heavy (non-hydrogen) atoms. The minimum Gasteiger partial charge on any atom is -0.493 e. The number of hydrogen-bond donors (Lipinski definition) is 1. The van der Waals surface area contributed by atoms with Crippen LogP contribution in [-0.2, 0) is 16.0 Å². The predicted octanol–water partition coefficient (Wildman–Crippen LogP) is 6.18. The van der Waals surface area contributed by atoms with Gasteiger partial charge in [-0.1, -0.05) is 24.3 Å². The van der Waals surface area contributed by atoms with Crippen LogP contribution in [0.1, 0.15) is 21.7 Å². The summed E-state index contributed by atoms with van der Waals surface area (Å²) in [6, 6.07) is 12.1. The molecule has 0 spiro atoms. The largest absolute Gasteiger partial charge is 0.493 e. The van der Waals surface area contributed by atoms with Crippen molar-refractivity contribution in [3.63, 3.8) is 0 Å². The number of aromatic carboxylic acids is 1. The highest BCUT2D eigenvalue weighted by atomic mass is 32.2. The fraction of sp³-hybridized carbons (Fsp3) is 0.148. The van der Waals surface area contributed by atoms with Gasteiger partial charge in [0, 0.05) is 17.4 Å². The molecule has 0 aliphatic carbocycles. The molecule has 1 heterocycles. The summed E-state index contributed by atoms with van der Waals surface area (Å²) >= 11 is 0. The quantitative estimate of drug-likeness (QED) is 0.260. The van der Waals surface area contributed by atoms with Crippen LogP contribution >= 0.6 is 0 Å². The van der Waals surface area contributed by atoms with Crippen molar-refractivity contribution >= 4 is 15.8 Å². The summed E-state index contributed by atoms with van der Waals surface area (Å²) in [4.78, 5) is 18.8. The molecule has 4 rings (SSSR count). The monoisotopic (exact) mass is 576 g/mol. The first-order chi connectivity index (χ1) is 18.7. The number of benzene rings is 3. The fourth-order valence-corrected chi connectivity index (χ4v) is 4.55. The van der Waals surface area contributed by atoms with Crippen LogP contribution in [0.3, 0.4) is 0 Å². The highest BCUT2D eigenvalue weighted by molar-refractivity contribution is 7.90. The molecule has 8 nitrogen and oxygen atoms in total. The Kier molecular flexibility index (Phi) is 7.52. The summed E-state index contributed by atoms with van der Waals surface area (Å²) in [6.07, 6.45) is -4.04. The normalized spacial score (nSPS) is 11.8. The number of methoxy groups -OCH3 is 1. The van der Waals surface area contributed by atoms with Crippen LogP contribution in [0.2, 0.25) is 0 Å². The first kappa shape index (κ1) is 28.5. The standard InChI is InChI=1S/C27H20F4N2O6S/c1-14-19(25(34)35)12-13-20(23(14)38-2)39-24-21(15-4-8-17(28)9-5-15)22(32-26(33-24)27(29,30)31)16-6-10-18(11-7-16)40(3,36)37/h4-13H,1-3H3,(H,34,35). The van der Waals surface area contributed by atoms with Gasteiger partial charge in [0.05, 0.1) is 28.8 Å². The predicted molar refractivity (Wildman–Crippen MR) is 136 cm³/mol. The van der Waals surface area contributed by atoms with E-state index in [0.29, 0.717) is 0 Å². The number of carbonyl (C=O) groups is 1. The maximum Gasteiger partial charge on any atom is 0.451 e. The van der Waals surface area contributed by atoms with Crippen LogP contribution < -0.4 is 9.47 Å². The summed E-state index contributed by atoms with van der Waals surface area (Å²) in [5.41, 5.74) is -0.0336. The van der Waals surface area contributed by atoms with Crippen molar-refractivity contribution in [3.8, 4) is 39.8 Å². The Morgan fingerprint density at radius 1 is 0.925 bits per heavy atom. The second-order valence-corrected chi connectivity index (χ2v) is 10.6. The van der Waals surface area contributed by atoms with E-state index in [9.17, 15) is 35.9 Å². The summed E-state index contributed by atoms with van der Waals surface area (Å²) in [6.45, 7) is 1.44. The number of nitrogens with zero attached hydrogens (tertiary/aromatic N) is 2. The zero-order valence-electron chi connectivity index (χ0n) is 21.1.